The van der Waals surface area contributed by atoms with Crippen molar-refractivity contribution in [1.82, 2.24) is 9.89 Å². The minimum Gasteiger partial charge on any atom is -0.265 e. The first-order valence-electron chi connectivity index (χ1n) is 8.95. The molecule has 0 atom stereocenters. The molecule has 0 N–H and O–H groups in total. The number of fused-ring (bicyclic) bond motifs is 1. The lowest BCUT2D eigenvalue weighted by molar-refractivity contribution is -0.384. The molecule has 3 aromatic carbocycles. The fourth-order valence-corrected chi connectivity index (χ4v) is 3.04. The molecule has 4 aromatic rings. The molecule has 0 aliphatic heterocycles. The quantitative estimate of drug-likeness (QED) is 0.297. The zero-order valence-corrected chi connectivity index (χ0v) is 15.3. The molecule has 0 spiro atoms. The Morgan fingerprint density at radius 1 is 0.931 bits per heavy atom. The van der Waals surface area contributed by atoms with Gasteiger partial charge in [0.2, 0.25) is 0 Å². The number of nitro benzene ring substituents is 1. The van der Waals surface area contributed by atoms with Crippen LogP contribution in [-0.2, 0) is 6.42 Å². The van der Waals surface area contributed by atoms with Gasteiger partial charge in [-0.15, -0.1) is 4.79 Å². The number of benzene rings is 3. The fourth-order valence-electron chi connectivity index (χ4n) is 3.04. The molecule has 29 heavy (non-hydrogen) atoms. The highest BCUT2D eigenvalue weighted by molar-refractivity contribution is 5.84. The number of rotatable bonds is 5. The molecule has 0 radical (unpaired) electrons. The van der Waals surface area contributed by atoms with Gasteiger partial charge in [-0.3, -0.25) is 14.9 Å². The zero-order valence-electron chi connectivity index (χ0n) is 15.3. The molecule has 142 valence electrons. The average Bonchev–Trinajstić information content (AvgIpc) is 2.76. The van der Waals surface area contributed by atoms with E-state index in [1.54, 1.807) is 24.3 Å². The lowest BCUT2D eigenvalue weighted by Gasteiger charge is -2.08. The minimum atomic E-state index is -0.466. The van der Waals surface area contributed by atoms with Gasteiger partial charge in [0.1, 0.15) is 0 Å². The molecule has 0 aliphatic carbocycles. The van der Waals surface area contributed by atoms with Crippen LogP contribution in [0.5, 0.6) is 0 Å². The van der Waals surface area contributed by atoms with Crippen LogP contribution in [0.2, 0.25) is 0 Å². The maximum absolute atomic E-state index is 12.8. The summed E-state index contributed by atoms with van der Waals surface area (Å²) in [6.07, 6.45) is 2.02. The summed E-state index contributed by atoms with van der Waals surface area (Å²) in [5, 5.41) is 20.8. The topological polar surface area (TPSA) is 90.4 Å². The Bertz CT molecular complexity index is 1260. The van der Waals surface area contributed by atoms with Crippen molar-refractivity contribution in [1.29, 1.82) is 0 Å². The van der Waals surface area contributed by atoms with Gasteiger partial charge in [0.05, 0.1) is 22.2 Å². The van der Waals surface area contributed by atoms with Crippen molar-refractivity contribution in [2.24, 2.45) is 5.10 Å². The first-order chi connectivity index (χ1) is 14.1. The zero-order chi connectivity index (χ0) is 20.2. The molecule has 1 aromatic heterocycles. The summed E-state index contributed by atoms with van der Waals surface area (Å²) in [6.45, 7) is 0. The van der Waals surface area contributed by atoms with Crippen molar-refractivity contribution >= 4 is 22.7 Å². The van der Waals surface area contributed by atoms with Crippen molar-refractivity contribution in [3.8, 4) is 0 Å². The second-order valence-electron chi connectivity index (χ2n) is 6.44. The van der Waals surface area contributed by atoms with Crippen molar-refractivity contribution < 1.29 is 4.92 Å². The Hall–Kier alpha value is -4.13. The van der Waals surface area contributed by atoms with E-state index in [4.69, 9.17) is 0 Å². The second kappa shape index (κ2) is 7.85. The van der Waals surface area contributed by atoms with Gasteiger partial charge in [-0.05, 0) is 29.3 Å². The van der Waals surface area contributed by atoms with Crippen LogP contribution in [0.4, 0.5) is 5.69 Å². The third-order valence-electron chi connectivity index (χ3n) is 4.50. The number of nitro groups is 1. The van der Waals surface area contributed by atoms with E-state index in [1.807, 2.05) is 42.5 Å². The molecule has 0 amide bonds. The van der Waals surface area contributed by atoms with Gasteiger partial charge in [0.15, 0.2) is 0 Å². The first-order valence-corrected chi connectivity index (χ1v) is 8.95. The van der Waals surface area contributed by atoms with Crippen LogP contribution >= 0.6 is 0 Å². The Morgan fingerprint density at radius 2 is 1.59 bits per heavy atom. The fraction of sp³-hybridized carbons (Fsp3) is 0.0455. The Labute approximate surface area is 165 Å². The van der Waals surface area contributed by atoms with Crippen LogP contribution in [0.1, 0.15) is 16.8 Å². The van der Waals surface area contributed by atoms with E-state index in [0.717, 1.165) is 21.4 Å². The van der Waals surface area contributed by atoms with E-state index < -0.39 is 4.92 Å². The Morgan fingerprint density at radius 3 is 2.28 bits per heavy atom. The number of hydrogen-bond donors (Lipinski definition) is 0. The summed E-state index contributed by atoms with van der Waals surface area (Å²) in [5.41, 5.74) is 2.12. The molecule has 0 saturated carbocycles. The molecular weight excluding hydrogens is 368 g/mol. The van der Waals surface area contributed by atoms with E-state index >= 15 is 0 Å². The monoisotopic (exact) mass is 384 g/mol. The van der Waals surface area contributed by atoms with Crippen molar-refractivity contribution in [3.05, 3.63) is 116 Å². The van der Waals surface area contributed by atoms with Crippen LogP contribution in [0, 0.1) is 10.1 Å². The maximum atomic E-state index is 12.8. The third kappa shape index (κ3) is 3.93. The first kappa shape index (κ1) is 18.2. The van der Waals surface area contributed by atoms with Gasteiger partial charge in [-0.1, -0.05) is 48.5 Å². The number of aromatic nitrogens is 2. The number of hydrogen-bond acceptors (Lipinski definition) is 5. The summed E-state index contributed by atoms with van der Waals surface area (Å²) in [5.74, 6) is 0. The SMILES string of the molecule is O=c1c2ccccc2c(Cc2ccccc2)nn1N=Cc1ccc([N+](=O)[O-])cc1. The van der Waals surface area contributed by atoms with E-state index in [9.17, 15) is 14.9 Å². The maximum Gasteiger partial charge on any atom is 0.295 e. The summed E-state index contributed by atoms with van der Waals surface area (Å²) in [6, 6.07) is 23.1. The van der Waals surface area contributed by atoms with Crippen molar-refractivity contribution in [3.63, 3.8) is 0 Å². The van der Waals surface area contributed by atoms with Gasteiger partial charge in [-0.25, -0.2) is 0 Å². The lowest BCUT2D eigenvalue weighted by atomic mass is 10.0. The smallest absolute Gasteiger partial charge is 0.265 e. The largest absolute Gasteiger partial charge is 0.295 e. The highest BCUT2D eigenvalue weighted by Crippen LogP contribution is 2.17. The summed E-state index contributed by atoms with van der Waals surface area (Å²) < 4.78 is 0. The standard InChI is InChI=1S/C22H16N4O3/c27-22-20-9-5-4-8-19(20)21(14-16-6-2-1-3-7-16)24-25(22)23-15-17-10-12-18(13-11-17)26(28)29/h1-13,15H,14H2. The molecule has 0 aliphatic rings. The molecule has 7 nitrogen and oxygen atoms in total. The molecule has 7 heteroatoms. The lowest BCUT2D eigenvalue weighted by Crippen LogP contribution is -2.21. The average molecular weight is 384 g/mol. The predicted octanol–water partition coefficient (Wildman–Crippen LogP) is 3.78. The van der Waals surface area contributed by atoms with Gasteiger partial charge in [0.25, 0.3) is 11.2 Å². The van der Waals surface area contributed by atoms with Crippen LogP contribution in [0.15, 0.2) is 88.8 Å². The highest BCUT2D eigenvalue weighted by Gasteiger charge is 2.10. The molecule has 0 unspecified atom stereocenters. The highest BCUT2D eigenvalue weighted by atomic mass is 16.6. The van der Waals surface area contributed by atoms with Crippen LogP contribution in [-0.4, -0.2) is 21.0 Å². The van der Waals surface area contributed by atoms with Gasteiger partial charge < -0.3 is 0 Å². The normalized spacial score (nSPS) is 11.2. The third-order valence-corrected chi connectivity index (χ3v) is 4.50. The van der Waals surface area contributed by atoms with Crippen LogP contribution in [0.3, 0.4) is 0 Å². The molecular formula is C22H16N4O3. The summed E-state index contributed by atoms with van der Waals surface area (Å²) in [4.78, 5) is 24.2. The molecule has 0 bridgehead atoms. The van der Waals surface area contributed by atoms with E-state index in [-0.39, 0.29) is 11.2 Å². The van der Waals surface area contributed by atoms with E-state index in [2.05, 4.69) is 10.2 Å². The van der Waals surface area contributed by atoms with Crippen molar-refractivity contribution in [2.45, 2.75) is 6.42 Å². The van der Waals surface area contributed by atoms with Gasteiger partial charge >= 0.3 is 0 Å². The molecule has 1 heterocycles. The Kier molecular flexibility index (Phi) is 4.94. The number of non-ortho nitro benzene ring substituents is 1. The summed E-state index contributed by atoms with van der Waals surface area (Å²) in [7, 11) is 0. The molecule has 0 saturated heterocycles. The van der Waals surface area contributed by atoms with Crippen LogP contribution < -0.4 is 5.56 Å². The van der Waals surface area contributed by atoms with E-state index in [1.165, 1.54) is 18.3 Å². The second-order valence-corrected chi connectivity index (χ2v) is 6.44. The van der Waals surface area contributed by atoms with Gasteiger partial charge in [0, 0.05) is 23.9 Å². The van der Waals surface area contributed by atoms with Crippen molar-refractivity contribution in [2.75, 3.05) is 0 Å². The van der Waals surface area contributed by atoms with E-state index in [0.29, 0.717) is 17.4 Å². The molecule has 4 rings (SSSR count). The Balaban J connectivity index is 1.75. The minimum absolute atomic E-state index is 0.00621. The number of nitrogens with zero attached hydrogens (tertiary/aromatic N) is 4. The summed E-state index contributed by atoms with van der Waals surface area (Å²) >= 11 is 0. The van der Waals surface area contributed by atoms with Crippen LogP contribution in [0.25, 0.3) is 10.8 Å². The van der Waals surface area contributed by atoms with Gasteiger partial charge in [-0.2, -0.15) is 10.2 Å². The predicted molar refractivity (Wildman–Crippen MR) is 111 cm³/mol. The molecule has 0 fully saturated rings.